The van der Waals surface area contributed by atoms with E-state index in [4.69, 9.17) is 0 Å². The molecular formula is C15H25FIN3. The van der Waals surface area contributed by atoms with E-state index in [1.807, 2.05) is 6.07 Å². The molecule has 114 valence electrons. The van der Waals surface area contributed by atoms with Gasteiger partial charge in [0.15, 0.2) is 5.96 Å². The van der Waals surface area contributed by atoms with Gasteiger partial charge in [0.2, 0.25) is 0 Å². The highest BCUT2D eigenvalue weighted by atomic mass is 127. The van der Waals surface area contributed by atoms with Crippen LogP contribution in [0, 0.1) is 18.7 Å². The molecule has 1 aromatic carbocycles. The van der Waals surface area contributed by atoms with Gasteiger partial charge in [0.1, 0.15) is 5.82 Å². The molecule has 0 fully saturated rings. The number of hydrogen-bond donors (Lipinski definition) is 2. The van der Waals surface area contributed by atoms with Crippen LogP contribution < -0.4 is 10.6 Å². The maximum atomic E-state index is 13.4. The molecule has 2 N–H and O–H groups in total. The molecule has 0 saturated carbocycles. The predicted octanol–water partition coefficient (Wildman–Crippen LogP) is 3.46. The molecule has 0 bridgehead atoms. The van der Waals surface area contributed by atoms with Gasteiger partial charge in [-0.1, -0.05) is 26.0 Å². The lowest BCUT2D eigenvalue weighted by Gasteiger charge is -2.20. The summed E-state index contributed by atoms with van der Waals surface area (Å²) >= 11 is 0. The zero-order chi connectivity index (χ0) is 14.4. The highest BCUT2D eigenvalue weighted by molar-refractivity contribution is 14.0. The van der Waals surface area contributed by atoms with E-state index in [0.29, 0.717) is 24.1 Å². The fourth-order valence-corrected chi connectivity index (χ4v) is 1.51. The van der Waals surface area contributed by atoms with Crippen molar-refractivity contribution >= 4 is 29.9 Å². The number of halogens is 2. The lowest BCUT2D eigenvalue weighted by molar-refractivity contribution is 0.481. The maximum absolute atomic E-state index is 13.4. The van der Waals surface area contributed by atoms with Gasteiger partial charge in [0.25, 0.3) is 0 Å². The fraction of sp³-hybridized carbons (Fsp3) is 0.533. The smallest absolute Gasteiger partial charge is 0.191 e. The standard InChI is InChI=1S/C15H24FN3.HI/c1-10(2)12(4)19-15(17-5)18-9-13-7-6-11(3)14(16)8-13;/h6-8,10,12H,9H2,1-5H3,(H2,17,18,19);1H. The first-order valence-corrected chi connectivity index (χ1v) is 6.66. The van der Waals surface area contributed by atoms with Crippen molar-refractivity contribution in [2.45, 2.75) is 40.3 Å². The summed E-state index contributed by atoms with van der Waals surface area (Å²) < 4.78 is 13.4. The topological polar surface area (TPSA) is 36.4 Å². The second-order valence-electron chi connectivity index (χ2n) is 5.19. The van der Waals surface area contributed by atoms with E-state index in [1.54, 1.807) is 26.1 Å². The normalized spacial score (nSPS) is 12.8. The zero-order valence-corrected chi connectivity index (χ0v) is 15.2. The van der Waals surface area contributed by atoms with Gasteiger partial charge in [0.05, 0.1) is 0 Å². The number of nitrogens with one attached hydrogen (secondary N) is 2. The molecule has 0 aliphatic carbocycles. The molecule has 1 unspecified atom stereocenters. The zero-order valence-electron chi connectivity index (χ0n) is 12.8. The Hall–Kier alpha value is -0.850. The highest BCUT2D eigenvalue weighted by Gasteiger charge is 2.08. The van der Waals surface area contributed by atoms with Gasteiger partial charge in [-0.05, 0) is 37.0 Å². The van der Waals surface area contributed by atoms with Crippen molar-refractivity contribution in [2.24, 2.45) is 10.9 Å². The third-order valence-electron chi connectivity index (χ3n) is 3.28. The molecule has 0 aliphatic rings. The van der Waals surface area contributed by atoms with E-state index in [0.717, 1.165) is 11.5 Å². The summed E-state index contributed by atoms with van der Waals surface area (Å²) in [7, 11) is 1.73. The molecule has 1 rings (SSSR count). The van der Waals surface area contributed by atoms with Gasteiger partial charge in [0, 0.05) is 19.6 Å². The fourth-order valence-electron chi connectivity index (χ4n) is 1.51. The van der Waals surface area contributed by atoms with E-state index in [2.05, 4.69) is 36.4 Å². The molecular weight excluding hydrogens is 368 g/mol. The molecule has 20 heavy (non-hydrogen) atoms. The maximum Gasteiger partial charge on any atom is 0.191 e. The summed E-state index contributed by atoms with van der Waals surface area (Å²) in [6.07, 6.45) is 0. The predicted molar refractivity (Wildman–Crippen MR) is 94.2 cm³/mol. The Morgan fingerprint density at radius 1 is 1.30 bits per heavy atom. The third-order valence-corrected chi connectivity index (χ3v) is 3.28. The van der Waals surface area contributed by atoms with Crippen molar-refractivity contribution < 1.29 is 4.39 Å². The van der Waals surface area contributed by atoms with Crippen LogP contribution in [-0.2, 0) is 6.54 Å². The van der Waals surface area contributed by atoms with Gasteiger partial charge in [-0.15, -0.1) is 24.0 Å². The first kappa shape index (κ1) is 19.1. The average molecular weight is 393 g/mol. The van der Waals surface area contributed by atoms with Crippen molar-refractivity contribution in [3.63, 3.8) is 0 Å². The Labute approximate surface area is 138 Å². The summed E-state index contributed by atoms with van der Waals surface area (Å²) in [6, 6.07) is 5.60. The van der Waals surface area contributed by atoms with Crippen LogP contribution in [0.4, 0.5) is 4.39 Å². The quantitative estimate of drug-likeness (QED) is 0.467. The molecule has 3 nitrogen and oxygen atoms in total. The SMILES string of the molecule is CN=C(NCc1ccc(C)c(F)c1)NC(C)C(C)C.I. The lowest BCUT2D eigenvalue weighted by atomic mass is 10.1. The molecule has 0 aromatic heterocycles. The average Bonchev–Trinajstić information content (AvgIpc) is 2.37. The van der Waals surface area contributed by atoms with Gasteiger partial charge in [-0.3, -0.25) is 4.99 Å². The van der Waals surface area contributed by atoms with Gasteiger partial charge >= 0.3 is 0 Å². The Morgan fingerprint density at radius 2 is 1.95 bits per heavy atom. The van der Waals surface area contributed by atoms with Crippen LogP contribution >= 0.6 is 24.0 Å². The van der Waals surface area contributed by atoms with E-state index < -0.39 is 0 Å². The Bertz CT molecular complexity index is 447. The number of nitrogens with zero attached hydrogens (tertiary/aromatic N) is 1. The van der Waals surface area contributed by atoms with Crippen molar-refractivity contribution in [2.75, 3.05) is 7.05 Å². The van der Waals surface area contributed by atoms with Crippen molar-refractivity contribution in [1.82, 2.24) is 10.6 Å². The minimum absolute atomic E-state index is 0. The lowest BCUT2D eigenvalue weighted by Crippen LogP contribution is -2.43. The minimum Gasteiger partial charge on any atom is -0.354 e. The van der Waals surface area contributed by atoms with E-state index >= 15 is 0 Å². The summed E-state index contributed by atoms with van der Waals surface area (Å²) in [6.45, 7) is 8.74. The van der Waals surface area contributed by atoms with E-state index in [1.165, 1.54) is 0 Å². The number of guanidine groups is 1. The molecule has 0 saturated heterocycles. The summed E-state index contributed by atoms with van der Waals surface area (Å²) in [5.41, 5.74) is 1.57. The minimum atomic E-state index is -0.169. The molecule has 0 radical (unpaired) electrons. The van der Waals surface area contributed by atoms with Crippen LogP contribution in [-0.4, -0.2) is 19.0 Å². The summed E-state index contributed by atoms with van der Waals surface area (Å²) in [4.78, 5) is 4.17. The first-order valence-electron chi connectivity index (χ1n) is 6.66. The Morgan fingerprint density at radius 3 is 2.45 bits per heavy atom. The van der Waals surface area contributed by atoms with Crippen LogP contribution in [0.15, 0.2) is 23.2 Å². The Balaban J connectivity index is 0.00000361. The summed E-state index contributed by atoms with van der Waals surface area (Å²) in [5, 5.41) is 6.50. The van der Waals surface area contributed by atoms with Crippen LogP contribution in [0.1, 0.15) is 31.9 Å². The first-order chi connectivity index (χ1) is 8.93. The monoisotopic (exact) mass is 393 g/mol. The number of benzene rings is 1. The van der Waals surface area contributed by atoms with Crippen LogP contribution in [0.25, 0.3) is 0 Å². The largest absolute Gasteiger partial charge is 0.354 e. The van der Waals surface area contributed by atoms with Crippen LogP contribution in [0.5, 0.6) is 0 Å². The van der Waals surface area contributed by atoms with E-state index in [-0.39, 0.29) is 29.8 Å². The van der Waals surface area contributed by atoms with Crippen molar-refractivity contribution in [3.05, 3.63) is 35.1 Å². The number of aliphatic imine (C=N–C) groups is 1. The number of rotatable bonds is 4. The van der Waals surface area contributed by atoms with E-state index in [9.17, 15) is 4.39 Å². The van der Waals surface area contributed by atoms with Crippen LogP contribution in [0.3, 0.4) is 0 Å². The molecule has 0 amide bonds. The van der Waals surface area contributed by atoms with Gasteiger partial charge in [-0.2, -0.15) is 0 Å². The molecule has 1 aromatic rings. The van der Waals surface area contributed by atoms with Gasteiger partial charge in [-0.25, -0.2) is 4.39 Å². The number of hydrogen-bond acceptors (Lipinski definition) is 1. The molecule has 0 heterocycles. The molecule has 1 atom stereocenters. The van der Waals surface area contributed by atoms with Crippen LogP contribution in [0.2, 0.25) is 0 Å². The molecule has 5 heteroatoms. The molecule has 0 aliphatic heterocycles. The Kier molecular flexibility index (Phi) is 8.76. The molecule has 0 spiro atoms. The van der Waals surface area contributed by atoms with Crippen molar-refractivity contribution in [3.8, 4) is 0 Å². The second kappa shape index (κ2) is 9.15. The van der Waals surface area contributed by atoms with Gasteiger partial charge < -0.3 is 10.6 Å². The third kappa shape index (κ3) is 6.07. The number of aryl methyl sites for hydroxylation is 1. The summed E-state index contributed by atoms with van der Waals surface area (Å²) in [5.74, 6) is 1.09. The van der Waals surface area contributed by atoms with Crippen molar-refractivity contribution in [1.29, 1.82) is 0 Å². The second-order valence-corrected chi connectivity index (χ2v) is 5.19. The highest BCUT2D eigenvalue weighted by Crippen LogP contribution is 2.08.